The van der Waals surface area contributed by atoms with E-state index < -0.39 is 60.4 Å². The molecule has 2 bridgehead atoms. The quantitative estimate of drug-likeness (QED) is 0.139. The molecule has 0 saturated carbocycles. The van der Waals surface area contributed by atoms with Crippen LogP contribution in [0.5, 0.6) is 11.5 Å². The van der Waals surface area contributed by atoms with Gasteiger partial charge < -0.3 is 35.8 Å². The maximum absolute atomic E-state index is 14.3. The maximum Gasteiger partial charge on any atom is 0.326 e. The largest absolute Gasteiger partial charge is 0.497 e. The zero-order valence-electron chi connectivity index (χ0n) is 30.6. The summed E-state index contributed by atoms with van der Waals surface area (Å²) in [5, 5.41) is 23.0. The summed E-state index contributed by atoms with van der Waals surface area (Å²) >= 11 is 1.42. The second kappa shape index (κ2) is 18.7. The van der Waals surface area contributed by atoms with Gasteiger partial charge in [-0.2, -0.15) is 0 Å². The molecule has 4 aromatic carbocycles. The summed E-state index contributed by atoms with van der Waals surface area (Å²) in [6.07, 6.45) is 0.188. The lowest BCUT2D eigenvalue weighted by Gasteiger charge is -2.26. The van der Waals surface area contributed by atoms with Gasteiger partial charge in [-0.3, -0.25) is 19.2 Å². The molecule has 56 heavy (non-hydrogen) atoms. The molecule has 1 unspecified atom stereocenters. The van der Waals surface area contributed by atoms with Crippen molar-refractivity contribution >= 4 is 40.9 Å². The highest BCUT2D eigenvalue weighted by Gasteiger charge is 2.32. The summed E-state index contributed by atoms with van der Waals surface area (Å²) in [5.41, 5.74) is 3.92. The fourth-order valence-electron chi connectivity index (χ4n) is 6.32. The average molecular weight is 775 g/mol. The molecule has 13 heteroatoms. The van der Waals surface area contributed by atoms with Crippen molar-refractivity contribution in [3.63, 3.8) is 0 Å². The molecule has 0 radical (unpaired) electrons. The van der Waals surface area contributed by atoms with E-state index >= 15 is 0 Å². The number of benzene rings is 4. The van der Waals surface area contributed by atoms with Gasteiger partial charge in [-0.1, -0.05) is 84.9 Å². The average Bonchev–Trinajstić information content (AvgIpc) is 3.73. The fourth-order valence-corrected chi connectivity index (χ4v) is 7.07. The first-order chi connectivity index (χ1) is 27.1. The first-order valence-electron chi connectivity index (χ1n) is 18.1. The van der Waals surface area contributed by atoms with Gasteiger partial charge in [-0.15, -0.1) is 11.3 Å². The first kappa shape index (κ1) is 39.2. The Labute approximate surface area is 328 Å². The monoisotopic (exact) mass is 774 g/mol. The Morgan fingerprint density at radius 3 is 1.82 bits per heavy atom. The minimum absolute atomic E-state index is 0.0364. The van der Waals surface area contributed by atoms with Crippen molar-refractivity contribution in [2.24, 2.45) is 0 Å². The van der Waals surface area contributed by atoms with Crippen molar-refractivity contribution in [1.82, 2.24) is 21.3 Å². The number of rotatable bonds is 9. The van der Waals surface area contributed by atoms with Crippen molar-refractivity contribution in [2.45, 2.75) is 49.9 Å². The second-order valence-electron chi connectivity index (χ2n) is 13.4. The Kier molecular flexibility index (Phi) is 13.1. The van der Waals surface area contributed by atoms with Gasteiger partial charge in [-0.05, 0) is 63.5 Å². The van der Waals surface area contributed by atoms with E-state index in [1.54, 1.807) is 55.6 Å². The topological polar surface area (TPSA) is 172 Å². The van der Waals surface area contributed by atoms with Gasteiger partial charge in [0.15, 0.2) is 6.61 Å². The number of amides is 4. The number of carboxylic acids is 1. The van der Waals surface area contributed by atoms with Crippen LogP contribution in [0.25, 0.3) is 11.1 Å². The Hall–Kier alpha value is -6.47. The van der Waals surface area contributed by atoms with Crippen LogP contribution in [0.2, 0.25) is 0 Å². The summed E-state index contributed by atoms with van der Waals surface area (Å²) < 4.78 is 11.0. The summed E-state index contributed by atoms with van der Waals surface area (Å²) in [7, 11) is 1.60. The standard InChI is InChI=1S/C43H42N4O8S/c1-54-32-19-15-31(16-20-32)30-13-9-28(10-14-30)23-36-40(49)45-35(22-27-6-3-2-4-7-27)41(50)47-38(43(52)53)24-29-11-17-33(18-12-29)55-26-39(48)44-37(42(51)46-36)25-34-8-5-21-56-34/h2-21,35-38H,22-26H2,1H3,(H,44,48)(H,45,49)(H,46,51)(H,47,50)(H,52,53)/t35?,36-,37-,38-/m0/s1. The lowest BCUT2D eigenvalue weighted by molar-refractivity contribution is -0.142. The summed E-state index contributed by atoms with van der Waals surface area (Å²) in [5.74, 6) is -2.71. The number of ether oxygens (including phenoxy) is 2. The smallest absolute Gasteiger partial charge is 0.326 e. The molecular weight excluding hydrogens is 733 g/mol. The van der Waals surface area contributed by atoms with Crippen LogP contribution in [-0.4, -0.2) is 72.6 Å². The minimum Gasteiger partial charge on any atom is -0.497 e. The third-order valence-corrected chi connectivity index (χ3v) is 10.2. The predicted octanol–water partition coefficient (Wildman–Crippen LogP) is 4.11. The van der Waals surface area contributed by atoms with E-state index in [4.69, 9.17) is 9.47 Å². The van der Waals surface area contributed by atoms with Crippen molar-refractivity contribution in [3.05, 3.63) is 142 Å². The minimum atomic E-state index is -1.32. The Balaban J connectivity index is 1.33. The molecule has 0 aliphatic carbocycles. The van der Waals surface area contributed by atoms with Crippen LogP contribution in [0.4, 0.5) is 0 Å². The van der Waals surface area contributed by atoms with Gasteiger partial charge in [0.05, 0.1) is 7.11 Å². The summed E-state index contributed by atoms with van der Waals surface area (Å²) in [4.78, 5) is 68.8. The van der Waals surface area contributed by atoms with Crippen LogP contribution >= 0.6 is 11.3 Å². The van der Waals surface area contributed by atoms with E-state index in [9.17, 15) is 29.1 Å². The molecule has 2 aliphatic heterocycles. The van der Waals surface area contributed by atoms with Gasteiger partial charge in [0, 0.05) is 30.6 Å². The maximum atomic E-state index is 14.3. The molecular formula is C43H42N4O8S. The van der Waals surface area contributed by atoms with Crippen molar-refractivity contribution < 1.29 is 38.6 Å². The molecule has 0 spiro atoms. The highest BCUT2D eigenvalue weighted by atomic mass is 32.1. The van der Waals surface area contributed by atoms with Crippen molar-refractivity contribution in [3.8, 4) is 22.6 Å². The van der Waals surface area contributed by atoms with Crippen LogP contribution in [0.3, 0.4) is 0 Å². The number of thiophene rings is 1. The van der Waals surface area contributed by atoms with Crippen molar-refractivity contribution in [1.29, 1.82) is 0 Å². The molecule has 0 fully saturated rings. The molecule has 5 aromatic rings. The molecule has 4 atom stereocenters. The number of hydrogen-bond donors (Lipinski definition) is 5. The van der Waals surface area contributed by atoms with Gasteiger partial charge in [0.1, 0.15) is 35.7 Å². The number of carbonyl (C=O) groups excluding carboxylic acids is 4. The van der Waals surface area contributed by atoms with Crippen LogP contribution in [0.1, 0.15) is 21.6 Å². The molecule has 288 valence electrons. The first-order valence-corrected chi connectivity index (χ1v) is 19.0. The van der Waals surface area contributed by atoms with E-state index in [1.165, 1.54) is 11.3 Å². The Morgan fingerprint density at radius 1 is 0.679 bits per heavy atom. The molecule has 5 N–H and O–H groups in total. The van der Waals surface area contributed by atoms with Gasteiger partial charge in [0.25, 0.3) is 5.91 Å². The molecule has 4 amide bonds. The van der Waals surface area contributed by atoms with Crippen LogP contribution in [0.15, 0.2) is 121 Å². The molecule has 7 rings (SSSR count). The van der Waals surface area contributed by atoms with E-state index in [2.05, 4.69) is 21.3 Å². The van der Waals surface area contributed by atoms with E-state index in [-0.39, 0.29) is 25.7 Å². The normalized spacial score (nSPS) is 19.5. The molecule has 1 aromatic heterocycles. The number of hydrogen-bond acceptors (Lipinski definition) is 8. The van der Waals surface area contributed by atoms with Crippen LogP contribution in [0, 0.1) is 0 Å². The zero-order chi connectivity index (χ0) is 39.4. The molecule has 12 nitrogen and oxygen atoms in total. The number of nitrogens with one attached hydrogen (secondary N) is 4. The van der Waals surface area contributed by atoms with Crippen LogP contribution < -0.4 is 30.7 Å². The third-order valence-electron chi connectivity index (χ3n) is 9.35. The van der Waals surface area contributed by atoms with Gasteiger partial charge in [-0.25, -0.2) is 4.79 Å². The molecule has 3 heterocycles. The lowest BCUT2D eigenvalue weighted by atomic mass is 9.99. The lowest BCUT2D eigenvalue weighted by Crippen LogP contribution is -2.59. The number of carbonyl (C=O) groups is 5. The third kappa shape index (κ3) is 10.8. The highest BCUT2D eigenvalue weighted by Crippen LogP contribution is 2.23. The van der Waals surface area contributed by atoms with E-state index in [0.29, 0.717) is 16.9 Å². The van der Waals surface area contributed by atoms with Crippen molar-refractivity contribution in [2.75, 3.05) is 13.7 Å². The zero-order valence-corrected chi connectivity index (χ0v) is 31.4. The van der Waals surface area contributed by atoms with Gasteiger partial charge in [0.2, 0.25) is 17.7 Å². The summed E-state index contributed by atoms with van der Waals surface area (Å²) in [6.45, 7) is -0.396. The van der Waals surface area contributed by atoms with E-state index in [0.717, 1.165) is 27.3 Å². The number of carboxylic acid groups (broad SMARTS) is 1. The van der Waals surface area contributed by atoms with Crippen LogP contribution in [-0.2, 0) is 49.7 Å². The molecule has 0 saturated heterocycles. The molecule has 2 aliphatic rings. The second-order valence-corrected chi connectivity index (χ2v) is 14.4. The van der Waals surface area contributed by atoms with Gasteiger partial charge >= 0.3 is 5.97 Å². The summed E-state index contributed by atoms with van der Waals surface area (Å²) in [6, 6.07) is 29.5. The number of methoxy groups -OCH3 is 1. The fraction of sp³-hybridized carbons (Fsp3) is 0.233. The number of fused-ring (bicyclic) bond motifs is 16. The number of aliphatic carboxylic acids is 1. The highest BCUT2D eigenvalue weighted by molar-refractivity contribution is 7.09. The SMILES string of the molecule is COc1ccc(-c2ccc(C[C@@H]3NC(=O)[C@H](Cc4cccs4)NC(=O)COc4ccc(cc4)C[C@@H](C(=O)O)NC(=O)C(Cc4ccccc4)NC3=O)cc2)cc1. The predicted molar refractivity (Wildman–Crippen MR) is 211 cm³/mol. The Bertz CT molecular complexity index is 2110. The Morgan fingerprint density at radius 2 is 1.25 bits per heavy atom. The van der Waals surface area contributed by atoms with E-state index in [1.807, 2.05) is 72.1 Å².